The van der Waals surface area contributed by atoms with Gasteiger partial charge in [-0.3, -0.25) is 0 Å². The SMILES string of the molecule is CC(CNC(=O)OC(C)(C)C)NC1CCCN(C)CC1. The van der Waals surface area contributed by atoms with Crippen LogP contribution in [0, 0.1) is 0 Å². The van der Waals surface area contributed by atoms with E-state index in [0.717, 1.165) is 6.54 Å². The van der Waals surface area contributed by atoms with Crippen LogP contribution in [0.3, 0.4) is 0 Å². The summed E-state index contributed by atoms with van der Waals surface area (Å²) in [5.41, 5.74) is -0.438. The lowest BCUT2D eigenvalue weighted by Gasteiger charge is -2.24. The number of nitrogens with zero attached hydrogens (tertiary/aromatic N) is 1. The lowest BCUT2D eigenvalue weighted by molar-refractivity contribution is 0.0522. The minimum atomic E-state index is -0.438. The van der Waals surface area contributed by atoms with Crippen LogP contribution in [0.25, 0.3) is 0 Å². The summed E-state index contributed by atoms with van der Waals surface area (Å²) in [5.74, 6) is 0. The number of rotatable bonds is 4. The highest BCUT2D eigenvalue weighted by atomic mass is 16.6. The fourth-order valence-corrected chi connectivity index (χ4v) is 2.42. The van der Waals surface area contributed by atoms with Crippen molar-refractivity contribution in [3.63, 3.8) is 0 Å². The van der Waals surface area contributed by atoms with E-state index in [0.29, 0.717) is 12.6 Å². The van der Waals surface area contributed by atoms with Crippen LogP contribution in [0.5, 0.6) is 0 Å². The van der Waals surface area contributed by atoms with Crippen molar-refractivity contribution in [2.24, 2.45) is 0 Å². The van der Waals surface area contributed by atoms with Gasteiger partial charge in [-0.05, 0) is 67.1 Å². The number of carbonyl (C=O) groups is 1. The van der Waals surface area contributed by atoms with Gasteiger partial charge in [0.25, 0.3) is 0 Å². The zero-order valence-electron chi connectivity index (χ0n) is 13.7. The number of amides is 1. The smallest absolute Gasteiger partial charge is 0.407 e. The Labute approximate surface area is 123 Å². The van der Waals surface area contributed by atoms with Crippen molar-refractivity contribution in [1.29, 1.82) is 0 Å². The monoisotopic (exact) mass is 285 g/mol. The molecular weight excluding hydrogens is 254 g/mol. The zero-order chi connectivity index (χ0) is 15.2. The number of hydrogen-bond acceptors (Lipinski definition) is 4. The van der Waals surface area contributed by atoms with Gasteiger partial charge in [0.15, 0.2) is 0 Å². The highest BCUT2D eigenvalue weighted by Gasteiger charge is 2.19. The predicted octanol–water partition coefficient (Wildman–Crippen LogP) is 1.97. The third-order valence-corrected chi connectivity index (χ3v) is 3.42. The van der Waals surface area contributed by atoms with Crippen LogP contribution in [0.4, 0.5) is 4.79 Å². The summed E-state index contributed by atoms with van der Waals surface area (Å²) < 4.78 is 5.23. The van der Waals surface area contributed by atoms with Crippen molar-refractivity contribution in [3.8, 4) is 0 Å². The van der Waals surface area contributed by atoms with E-state index in [-0.39, 0.29) is 12.1 Å². The van der Waals surface area contributed by atoms with Gasteiger partial charge < -0.3 is 20.3 Å². The molecule has 1 rings (SSSR count). The maximum Gasteiger partial charge on any atom is 0.407 e. The Morgan fingerprint density at radius 2 is 2.05 bits per heavy atom. The fraction of sp³-hybridized carbons (Fsp3) is 0.933. The largest absolute Gasteiger partial charge is 0.444 e. The Morgan fingerprint density at radius 3 is 2.70 bits per heavy atom. The number of likely N-dealkylation sites (tertiary alicyclic amines) is 1. The Bertz CT molecular complexity index is 302. The van der Waals surface area contributed by atoms with E-state index in [9.17, 15) is 4.79 Å². The molecule has 0 aromatic rings. The Kier molecular flexibility index (Phi) is 6.76. The third-order valence-electron chi connectivity index (χ3n) is 3.42. The minimum absolute atomic E-state index is 0.260. The second kappa shape index (κ2) is 7.84. The first-order chi connectivity index (χ1) is 9.26. The van der Waals surface area contributed by atoms with Gasteiger partial charge in [0.1, 0.15) is 5.60 Å². The molecule has 2 unspecified atom stereocenters. The molecule has 5 nitrogen and oxygen atoms in total. The Hall–Kier alpha value is -0.810. The third kappa shape index (κ3) is 7.70. The van der Waals surface area contributed by atoms with Crippen LogP contribution in [0.15, 0.2) is 0 Å². The molecule has 118 valence electrons. The summed E-state index contributed by atoms with van der Waals surface area (Å²) >= 11 is 0. The normalized spacial score (nSPS) is 22.9. The van der Waals surface area contributed by atoms with Gasteiger partial charge >= 0.3 is 6.09 Å². The molecule has 1 fully saturated rings. The number of alkyl carbamates (subject to hydrolysis) is 1. The van der Waals surface area contributed by atoms with Crippen molar-refractivity contribution in [2.75, 3.05) is 26.7 Å². The van der Waals surface area contributed by atoms with Gasteiger partial charge in [-0.15, -0.1) is 0 Å². The number of ether oxygens (including phenoxy) is 1. The number of hydrogen-bond donors (Lipinski definition) is 2. The van der Waals surface area contributed by atoms with Crippen LogP contribution in [0.1, 0.15) is 47.0 Å². The van der Waals surface area contributed by atoms with Gasteiger partial charge in [-0.2, -0.15) is 0 Å². The average Bonchev–Trinajstić information content (AvgIpc) is 2.50. The summed E-state index contributed by atoms with van der Waals surface area (Å²) in [4.78, 5) is 14.0. The fourth-order valence-electron chi connectivity index (χ4n) is 2.42. The lowest BCUT2D eigenvalue weighted by Crippen LogP contribution is -2.45. The van der Waals surface area contributed by atoms with Crippen molar-refractivity contribution in [1.82, 2.24) is 15.5 Å². The molecule has 1 amide bonds. The lowest BCUT2D eigenvalue weighted by atomic mass is 10.1. The highest BCUT2D eigenvalue weighted by molar-refractivity contribution is 5.67. The molecule has 1 heterocycles. The highest BCUT2D eigenvalue weighted by Crippen LogP contribution is 2.10. The van der Waals surface area contributed by atoms with E-state index < -0.39 is 5.60 Å². The van der Waals surface area contributed by atoms with Crippen molar-refractivity contribution in [3.05, 3.63) is 0 Å². The molecule has 0 radical (unpaired) electrons. The van der Waals surface area contributed by atoms with E-state index >= 15 is 0 Å². The summed E-state index contributed by atoms with van der Waals surface area (Å²) in [6.07, 6.45) is 3.28. The van der Waals surface area contributed by atoms with E-state index in [1.165, 1.54) is 25.8 Å². The maximum atomic E-state index is 11.6. The molecule has 0 bridgehead atoms. The molecule has 1 saturated heterocycles. The van der Waals surface area contributed by atoms with Gasteiger partial charge in [0.05, 0.1) is 0 Å². The summed E-state index contributed by atoms with van der Waals surface area (Å²) in [7, 11) is 2.18. The standard InChI is InChI=1S/C15H31N3O2/c1-12(11-16-14(19)20-15(2,3)4)17-13-7-6-9-18(5)10-8-13/h12-13,17H,6-11H2,1-5H3,(H,16,19). The zero-order valence-corrected chi connectivity index (χ0v) is 13.7. The first-order valence-corrected chi connectivity index (χ1v) is 7.68. The first kappa shape index (κ1) is 17.2. The average molecular weight is 285 g/mol. The molecule has 0 saturated carbocycles. The van der Waals surface area contributed by atoms with E-state index in [1.807, 2.05) is 20.8 Å². The Balaban J connectivity index is 2.22. The van der Waals surface area contributed by atoms with Crippen LogP contribution < -0.4 is 10.6 Å². The second-order valence-corrected chi connectivity index (χ2v) is 6.88. The molecule has 5 heteroatoms. The molecule has 20 heavy (non-hydrogen) atoms. The molecule has 0 spiro atoms. The molecule has 2 N–H and O–H groups in total. The predicted molar refractivity (Wildman–Crippen MR) is 82.0 cm³/mol. The number of carbonyl (C=O) groups excluding carboxylic acids is 1. The van der Waals surface area contributed by atoms with Gasteiger partial charge in [-0.25, -0.2) is 4.79 Å². The summed E-state index contributed by atoms with van der Waals surface area (Å²) in [6, 6.07) is 0.811. The molecule has 2 atom stereocenters. The van der Waals surface area contributed by atoms with Crippen molar-refractivity contribution < 1.29 is 9.53 Å². The first-order valence-electron chi connectivity index (χ1n) is 7.68. The van der Waals surface area contributed by atoms with E-state index in [1.54, 1.807) is 0 Å². The molecule has 0 aliphatic carbocycles. The molecule has 0 aromatic heterocycles. The molecule has 1 aliphatic heterocycles. The molecule has 1 aliphatic rings. The van der Waals surface area contributed by atoms with Crippen LogP contribution >= 0.6 is 0 Å². The van der Waals surface area contributed by atoms with Gasteiger partial charge in [0.2, 0.25) is 0 Å². The van der Waals surface area contributed by atoms with Crippen molar-refractivity contribution in [2.45, 2.75) is 64.6 Å². The van der Waals surface area contributed by atoms with Gasteiger partial charge in [0, 0.05) is 18.6 Å². The quantitative estimate of drug-likeness (QED) is 0.829. The molecule has 0 aromatic carbocycles. The van der Waals surface area contributed by atoms with E-state index in [4.69, 9.17) is 4.74 Å². The van der Waals surface area contributed by atoms with Crippen LogP contribution in [-0.4, -0.2) is 55.4 Å². The van der Waals surface area contributed by atoms with Gasteiger partial charge in [-0.1, -0.05) is 0 Å². The van der Waals surface area contributed by atoms with Crippen LogP contribution in [0.2, 0.25) is 0 Å². The van der Waals surface area contributed by atoms with Crippen molar-refractivity contribution >= 4 is 6.09 Å². The number of nitrogens with one attached hydrogen (secondary N) is 2. The molecular formula is C15H31N3O2. The summed E-state index contributed by atoms with van der Waals surface area (Å²) in [6.45, 7) is 10.6. The Morgan fingerprint density at radius 1 is 1.35 bits per heavy atom. The second-order valence-electron chi connectivity index (χ2n) is 6.88. The summed E-state index contributed by atoms with van der Waals surface area (Å²) in [5, 5.41) is 6.42. The minimum Gasteiger partial charge on any atom is -0.444 e. The maximum absolute atomic E-state index is 11.6. The topological polar surface area (TPSA) is 53.6 Å². The van der Waals surface area contributed by atoms with Crippen LogP contribution in [-0.2, 0) is 4.74 Å². The van der Waals surface area contributed by atoms with E-state index in [2.05, 4.69) is 29.5 Å².